The normalized spacial score (nSPS) is 19.0. The summed E-state index contributed by atoms with van der Waals surface area (Å²) in [4.78, 5) is 29.9. The molecule has 0 unspecified atom stereocenters. The average Bonchev–Trinajstić information content (AvgIpc) is 3.57. The van der Waals surface area contributed by atoms with Gasteiger partial charge in [0, 0.05) is 48.8 Å². The first kappa shape index (κ1) is 23.0. The number of pyridine rings is 1. The molecule has 3 N–H and O–H groups in total. The summed E-state index contributed by atoms with van der Waals surface area (Å²) in [7, 11) is 0. The topological polar surface area (TPSA) is 127 Å². The number of ether oxygens (including phenoxy) is 1. The Morgan fingerprint density at radius 3 is 2.68 bits per heavy atom. The molecule has 2 bridgehead atoms. The highest BCUT2D eigenvalue weighted by molar-refractivity contribution is 5.94. The number of benzene rings is 1. The lowest BCUT2D eigenvalue weighted by Gasteiger charge is -2.35. The zero-order chi connectivity index (χ0) is 25.7. The maximum Gasteiger partial charge on any atom is 0.410 e. The van der Waals surface area contributed by atoms with Gasteiger partial charge in [0.25, 0.3) is 0 Å². The average molecular weight is 500 g/mol. The highest BCUT2D eigenvalue weighted by atomic mass is 16.6. The number of rotatable bonds is 4. The third-order valence-corrected chi connectivity index (χ3v) is 6.65. The van der Waals surface area contributed by atoms with Crippen LogP contribution in [-0.4, -0.2) is 66.5 Å². The van der Waals surface area contributed by atoms with Crippen LogP contribution in [0.1, 0.15) is 27.2 Å². The van der Waals surface area contributed by atoms with Gasteiger partial charge in [-0.3, -0.25) is 4.98 Å². The summed E-state index contributed by atoms with van der Waals surface area (Å²) < 4.78 is 7.46. The molecule has 6 rings (SSSR count). The minimum Gasteiger partial charge on any atom is -0.444 e. The lowest BCUT2D eigenvalue weighted by atomic mass is 10.2. The molecule has 0 saturated carbocycles. The number of aromatic nitrogens is 5. The van der Waals surface area contributed by atoms with Crippen LogP contribution >= 0.6 is 0 Å². The summed E-state index contributed by atoms with van der Waals surface area (Å²) in [6.45, 7) is 7.01. The van der Waals surface area contributed by atoms with Crippen molar-refractivity contribution >= 4 is 40.1 Å². The molecule has 190 valence electrons. The van der Waals surface area contributed by atoms with Gasteiger partial charge in [-0.25, -0.2) is 19.4 Å². The van der Waals surface area contributed by atoms with Crippen molar-refractivity contribution in [1.82, 2.24) is 29.6 Å². The predicted octanol–water partition coefficient (Wildman–Crippen LogP) is 3.73. The van der Waals surface area contributed by atoms with Gasteiger partial charge in [0.05, 0.1) is 29.5 Å². The second-order valence-electron chi connectivity index (χ2n) is 10.5. The Morgan fingerprint density at radius 1 is 1.08 bits per heavy atom. The van der Waals surface area contributed by atoms with Crippen molar-refractivity contribution in [3.05, 3.63) is 55.1 Å². The first-order valence-electron chi connectivity index (χ1n) is 12.3. The number of hydrogen-bond donors (Lipinski definition) is 2. The fourth-order valence-electron chi connectivity index (χ4n) is 5.09. The monoisotopic (exact) mass is 499 g/mol. The van der Waals surface area contributed by atoms with Crippen molar-refractivity contribution in [1.29, 1.82) is 0 Å². The number of carbonyl (C=O) groups excluding carboxylic acids is 1. The zero-order valence-corrected chi connectivity index (χ0v) is 21.0. The predicted molar refractivity (Wildman–Crippen MR) is 141 cm³/mol. The minimum absolute atomic E-state index is 0.110. The summed E-state index contributed by atoms with van der Waals surface area (Å²) >= 11 is 0. The Kier molecular flexibility index (Phi) is 5.36. The number of nitrogens with zero attached hydrogens (tertiary/aromatic N) is 7. The van der Waals surface area contributed by atoms with Crippen molar-refractivity contribution < 1.29 is 9.53 Å². The molecule has 37 heavy (non-hydrogen) atoms. The molecular weight excluding hydrogens is 470 g/mol. The summed E-state index contributed by atoms with van der Waals surface area (Å²) in [5, 5.41) is 9.01. The van der Waals surface area contributed by atoms with E-state index >= 15 is 0 Å². The Hall–Kier alpha value is -4.41. The highest BCUT2D eigenvalue weighted by Gasteiger charge is 2.47. The minimum atomic E-state index is -0.509. The molecule has 3 aromatic heterocycles. The van der Waals surface area contributed by atoms with Crippen LogP contribution in [0.15, 0.2) is 55.1 Å². The number of hydrogen-bond acceptors (Lipinski definition) is 9. The molecule has 2 saturated heterocycles. The largest absolute Gasteiger partial charge is 0.444 e. The van der Waals surface area contributed by atoms with Gasteiger partial charge in [-0.15, -0.1) is 5.10 Å². The maximum absolute atomic E-state index is 12.7. The van der Waals surface area contributed by atoms with E-state index in [1.165, 1.54) is 0 Å². The second kappa shape index (κ2) is 8.61. The van der Waals surface area contributed by atoms with Gasteiger partial charge >= 0.3 is 6.09 Å². The van der Waals surface area contributed by atoms with Crippen LogP contribution in [0, 0.1) is 0 Å². The Labute approximate surface area is 214 Å². The second-order valence-corrected chi connectivity index (χ2v) is 10.5. The number of nitrogens with one attached hydrogen (secondary N) is 1. The molecule has 0 spiro atoms. The number of piperazine rings is 1. The van der Waals surface area contributed by atoms with Crippen LogP contribution in [0.25, 0.3) is 16.6 Å². The molecule has 2 aliphatic rings. The molecule has 5 heterocycles. The van der Waals surface area contributed by atoms with Crippen molar-refractivity contribution in [3.8, 4) is 5.69 Å². The van der Waals surface area contributed by atoms with Gasteiger partial charge in [0.1, 0.15) is 17.2 Å². The van der Waals surface area contributed by atoms with E-state index in [2.05, 4.69) is 25.2 Å². The lowest BCUT2D eigenvalue weighted by Crippen LogP contribution is -2.50. The zero-order valence-electron chi connectivity index (χ0n) is 21.0. The van der Waals surface area contributed by atoms with E-state index in [9.17, 15) is 4.79 Å². The van der Waals surface area contributed by atoms with E-state index in [4.69, 9.17) is 15.6 Å². The number of likely N-dealkylation sites (tertiary alicyclic amines) is 1. The van der Waals surface area contributed by atoms with Crippen molar-refractivity contribution in [2.45, 2.75) is 44.9 Å². The molecule has 2 aliphatic heterocycles. The third kappa shape index (κ3) is 4.37. The van der Waals surface area contributed by atoms with Crippen LogP contribution in [0.4, 0.5) is 27.9 Å². The van der Waals surface area contributed by atoms with E-state index in [1.807, 2.05) is 60.7 Å². The van der Waals surface area contributed by atoms with Gasteiger partial charge in [-0.1, -0.05) is 0 Å². The fourth-order valence-corrected chi connectivity index (χ4v) is 5.09. The van der Waals surface area contributed by atoms with Crippen LogP contribution in [0.2, 0.25) is 0 Å². The van der Waals surface area contributed by atoms with Gasteiger partial charge < -0.3 is 25.6 Å². The van der Waals surface area contributed by atoms with Crippen LogP contribution < -0.4 is 16.0 Å². The first-order valence-corrected chi connectivity index (χ1v) is 12.3. The Balaban J connectivity index is 1.28. The van der Waals surface area contributed by atoms with Crippen molar-refractivity contribution in [2.24, 2.45) is 0 Å². The maximum atomic E-state index is 12.7. The number of fused-ring (bicyclic) bond motifs is 3. The van der Waals surface area contributed by atoms with Gasteiger partial charge in [0.2, 0.25) is 0 Å². The van der Waals surface area contributed by atoms with Gasteiger partial charge in [-0.2, -0.15) is 0 Å². The van der Waals surface area contributed by atoms with E-state index < -0.39 is 5.60 Å². The van der Waals surface area contributed by atoms with Crippen LogP contribution in [0.3, 0.4) is 0 Å². The third-order valence-electron chi connectivity index (χ3n) is 6.65. The van der Waals surface area contributed by atoms with E-state index in [0.29, 0.717) is 30.4 Å². The molecule has 4 aromatic rings. The highest BCUT2D eigenvalue weighted by Crippen LogP contribution is 2.36. The molecule has 1 aromatic carbocycles. The Bertz CT molecular complexity index is 1460. The number of amides is 1. The number of nitrogen functional groups attached to an aromatic ring is 1. The van der Waals surface area contributed by atoms with Crippen LogP contribution in [0.5, 0.6) is 0 Å². The summed E-state index contributed by atoms with van der Waals surface area (Å²) in [5.41, 5.74) is 7.99. The van der Waals surface area contributed by atoms with Gasteiger partial charge in [-0.05, 0) is 51.5 Å². The van der Waals surface area contributed by atoms with Gasteiger partial charge in [0.15, 0.2) is 5.82 Å². The van der Waals surface area contributed by atoms with Crippen molar-refractivity contribution in [2.75, 3.05) is 29.0 Å². The molecule has 2 fully saturated rings. The van der Waals surface area contributed by atoms with E-state index in [1.54, 1.807) is 24.8 Å². The molecule has 11 nitrogen and oxygen atoms in total. The molecule has 1 amide bonds. The molecule has 0 radical (unpaired) electrons. The number of nitrogens with two attached hydrogens (primary N) is 1. The van der Waals surface area contributed by atoms with Crippen LogP contribution in [-0.2, 0) is 4.74 Å². The molecule has 0 aliphatic carbocycles. The first-order chi connectivity index (χ1) is 17.7. The quantitative estimate of drug-likeness (QED) is 0.404. The molecule has 11 heteroatoms. The summed E-state index contributed by atoms with van der Waals surface area (Å²) in [6, 6.07) is 9.95. The van der Waals surface area contributed by atoms with Crippen molar-refractivity contribution in [3.63, 3.8) is 0 Å². The number of anilines is 4. The smallest absolute Gasteiger partial charge is 0.410 e. The lowest BCUT2D eigenvalue weighted by molar-refractivity contribution is 0.0214. The van der Waals surface area contributed by atoms with E-state index in [0.717, 1.165) is 28.8 Å². The fraction of sp³-hybridized carbons (Fsp3) is 0.346. The SMILES string of the molecule is CC(C)(C)OC(=O)N1C[C@@H]2C[C@H]1CN2c1cc(-n2nc(Nc3cnccn3)c3ccc(N)cc32)ccn1. The van der Waals surface area contributed by atoms with E-state index in [-0.39, 0.29) is 18.2 Å². The summed E-state index contributed by atoms with van der Waals surface area (Å²) in [6.07, 6.45) is 7.35. The Morgan fingerprint density at radius 2 is 1.95 bits per heavy atom. The number of carbonyl (C=O) groups is 1. The standard InChI is InChI=1S/C26H29N9O2/c1-26(2,3)37-25(36)34-15-18-11-19(34)14-33(18)23-12-17(6-7-30-23)35-21-10-16(27)4-5-20(21)24(32-35)31-22-13-28-8-9-29-22/h4-10,12-13,18-19H,11,14-15,27H2,1-3H3,(H,29,31,32)/t18-,19-/m0/s1. The molecular formula is C26H29N9O2. The molecule has 2 atom stereocenters. The summed E-state index contributed by atoms with van der Waals surface area (Å²) in [5.74, 6) is 2.11.